The van der Waals surface area contributed by atoms with Gasteiger partial charge in [-0.15, -0.1) is 0 Å². The van der Waals surface area contributed by atoms with Gasteiger partial charge in [0.05, 0.1) is 9.82 Å². The summed E-state index contributed by atoms with van der Waals surface area (Å²) in [6, 6.07) is 5.32. The number of rotatable bonds is 3. The van der Waals surface area contributed by atoms with Crippen molar-refractivity contribution in [2.45, 2.75) is 4.90 Å². The quantitative estimate of drug-likeness (QED) is 0.625. The third kappa shape index (κ3) is 1.84. The molecule has 0 N–H and O–H groups in total. The van der Waals surface area contributed by atoms with Crippen LogP contribution >= 0.6 is 0 Å². The number of nitro groups is 1. The molecular formula is C11H8N2O4S. The highest BCUT2D eigenvalue weighted by Crippen LogP contribution is 2.29. The zero-order chi connectivity index (χ0) is 13.3. The van der Waals surface area contributed by atoms with E-state index in [-0.39, 0.29) is 21.5 Å². The fourth-order valence-corrected chi connectivity index (χ4v) is 2.53. The Labute approximate surface area is 103 Å². The Balaban J connectivity index is 2.94. The molecule has 0 unspecified atom stereocenters. The first-order chi connectivity index (χ1) is 8.47. The summed E-state index contributed by atoms with van der Waals surface area (Å²) in [4.78, 5) is 14.1. The first-order valence-electron chi connectivity index (χ1n) is 4.87. The van der Waals surface area contributed by atoms with Crippen molar-refractivity contribution in [3.8, 4) is 0 Å². The van der Waals surface area contributed by atoms with Crippen molar-refractivity contribution >= 4 is 26.4 Å². The van der Waals surface area contributed by atoms with Crippen LogP contribution in [0.25, 0.3) is 10.9 Å². The molecule has 0 atom stereocenters. The van der Waals surface area contributed by atoms with Gasteiger partial charge in [0.2, 0.25) is 0 Å². The molecule has 0 aliphatic carbocycles. The first-order valence-corrected chi connectivity index (χ1v) is 6.41. The molecule has 18 heavy (non-hydrogen) atoms. The highest BCUT2D eigenvalue weighted by Gasteiger charge is 2.20. The molecule has 0 spiro atoms. The molecule has 0 aliphatic rings. The minimum Gasteiger partial charge on any atom is -0.258 e. The van der Waals surface area contributed by atoms with Gasteiger partial charge in [0.1, 0.15) is 5.52 Å². The number of non-ortho nitro benzene ring substituents is 1. The molecular weight excluding hydrogens is 256 g/mol. The summed E-state index contributed by atoms with van der Waals surface area (Å²) in [6.45, 7) is 3.23. The van der Waals surface area contributed by atoms with Crippen molar-refractivity contribution in [2.24, 2.45) is 0 Å². The Kier molecular flexibility index (Phi) is 2.84. The maximum Gasteiger partial charge on any atom is 0.295 e. The Bertz CT molecular complexity index is 753. The third-order valence-electron chi connectivity index (χ3n) is 2.43. The highest BCUT2D eigenvalue weighted by atomic mass is 32.2. The smallest absolute Gasteiger partial charge is 0.258 e. The van der Waals surface area contributed by atoms with Crippen molar-refractivity contribution in [3.05, 3.63) is 52.6 Å². The van der Waals surface area contributed by atoms with Gasteiger partial charge in [-0.25, -0.2) is 13.4 Å². The predicted octanol–water partition coefficient (Wildman–Crippen LogP) is 2.06. The van der Waals surface area contributed by atoms with Crippen molar-refractivity contribution < 1.29 is 13.3 Å². The number of hydrogen-bond acceptors (Lipinski definition) is 5. The third-order valence-corrected chi connectivity index (χ3v) is 3.84. The summed E-state index contributed by atoms with van der Waals surface area (Å²) >= 11 is 0. The topological polar surface area (TPSA) is 90.2 Å². The van der Waals surface area contributed by atoms with Gasteiger partial charge >= 0.3 is 0 Å². The SMILES string of the molecule is C=CS(=O)(=O)c1ccc([N+](=O)[O-])c2ncccc12. The van der Waals surface area contributed by atoms with E-state index in [0.29, 0.717) is 0 Å². The van der Waals surface area contributed by atoms with E-state index in [1.54, 1.807) is 0 Å². The van der Waals surface area contributed by atoms with Crippen LogP contribution in [0.15, 0.2) is 47.3 Å². The van der Waals surface area contributed by atoms with E-state index in [4.69, 9.17) is 0 Å². The molecule has 6 nitrogen and oxygen atoms in total. The predicted molar refractivity (Wildman–Crippen MR) is 65.8 cm³/mol. The summed E-state index contributed by atoms with van der Waals surface area (Å²) in [7, 11) is -3.67. The maximum absolute atomic E-state index is 11.8. The van der Waals surface area contributed by atoms with Gasteiger partial charge in [0.25, 0.3) is 5.69 Å². The fourth-order valence-electron chi connectivity index (χ4n) is 1.62. The lowest BCUT2D eigenvalue weighted by atomic mass is 10.2. The standard InChI is InChI=1S/C11H8N2O4S/c1-2-18(16,17)10-6-5-9(13(14)15)11-8(10)4-3-7-12-11/h2-7H,1H2. The summed E-state index contributed by atoms with van der Waals surface area (Å²) in [5, 5.41) is 11.9. The zero-order valence-electron chi connectivity index (χ0n) is 9.11. The molecule has 1 aromatic heterocycles. The summed E-state index contributed by atoms with van der Waals surface area (Å²) in [6.07, 6.45) is 1.37. The van der Waals surface area contributed by atoms with Gasteiger partial charge in [0.15, 0.2) is 9.84 Å². The maximum atomic E-state index is 11.8. The Morgan fingerprint density at radius 1 is 1.33 bits per heavy atom. The molecule has 2 rings (SSSR count). The lowest BCUT2D eigenvalue weighted by molar-refractivity contribution is -0.383. The molecule has 1 aromatic carbocycles. The van der Waals surface area contributed by atoms with Crippen LogP contribution < -0.4 is 0 Å². The second kappa shape index (κ2) is 4.19. The van der Waals surface area contributed by atoms with E-state index >= 15 is 0 Å². The number of fused-ring (bicyclic) bond motifs is 1. The second-order valence-corrected chi connectivity index (χ2v) is 5.31. The van der Waals surface area contributed by atoms with Gasteiger partial charge in [0, 0.05) is 23.1 Å². The molecule has 0 radical (unpaired) electrons. The van der Waals surface area contributed by atoms with Crippen LogP contribution in [0.5, 0.6) is 0 Å². The number of nitro benzene ring substituents is 1. The Hall–Kier alpha value is -2.28. The van der Waals surface area contributed by atoms with Gasteiger partial charge < -0.3 is 0 Å². The second-order valence-electron chi connectivity index (χ2n) is 3.45. The normalized spacial score (nSPS) is 11.3. The first kappa shape index (κ1) is 12.2. The van der Waals surface area contributed by atoms with Crippen LogP contribution in [-0.2, 0) is 9.84 Å². The molecule has 0 saturated carbocycles. The fraction of sp³-hybridized carbons (Fsp3) is 0. The minimum absolute atomic E-state index is 0.0359. The Morgan fingerprint density at radius 2 is 2.06 bits per heavy atom. The van der Waals surface area contributed by atoms with E-state index < -0.39 is 14.8 Å². The molecule has 0 saturated heterocycles. The molecule has 92 valence electrons. The summed E-state index contributed by atoms with van der Waals surface area (Å²) in [5.41, 5.74) is -0.181. The van der Waals surface area contributed by atoms with Gasteiger partial charge in [-0.1, -0.05) is 6.58 Å². The van der Waals surface area contributed by atoms with Crippen molar-refractivity contribution in [3.63, 3.8) is 0 Å². The van der Waals surface area contributed by atoms with Crippen LogP contribution in [0.3, 0.4) is 0 Å². The Morgan fingerprint density at radius 3 is 2.67 bits per heavy atom. The van der Waals surface area contributed by atoms with E-state index in [1.807, 2.05) is 0 Å². The average molecular weight is 264 g/mol. The molecule has 0 fully saturated rings. The van der Waals surface area contributed by atoms with Crippen molar-refractivity contribution in [2.75, 3.05) is 0 Å². The van der Waals surface area contributed by atoms with Gasteiger partial charge in [-0.3, -0.25) is 10.1 Å². The number of benzene rings is 1. The zero-order valence-corrected chi connectivity index (χ0v) is 9.92. The monoisotopic (exact) mass is 264 g/mol. The molecule has 0 aliphatic heterocycles. The lowest BCUT2D eigenvalue weighted by Crippen LogP contribution is -1.99. The number of sulfone groups is 1. The molecule has 1 heterocycles. The van der Waals surface area contributed by atoms with Crippen molar-refractivity contribution in [1.82, 2.24) is 4.98 Å². The highest BCUT2D eigenvalue weighted by molar-refractivity contribution is 7.94. The number of pyridine rings is 1. The summed E-state index contributed by atoms with van der Waals surface area (Å²) < 4.78 is 23.6. The molecule has 0 bridgehead atoms. The van der Waals surface area contributed by atoms with Crippen LogP contribution in [0.1, 0.15) is 0 Å². The van der Waals surface area contributed by atoms with Crippen LogP contribution in [0, 0.1) is 10.1 Å². The molecule has 2 aromatic rings. The van der Waals surface area contributed by atoms with Gasteiger partial charge in [-0.05, 0) is 18.2 Å². The van der Waals surface area contributed by atoms with E-state index in [0.717, 1.165) is 11.5 Å². The number of aromatic nitrogens is 1. The molecule has 0 amide bonds. The van der Waals surface area contributed by atoms with Gasteiger partial charge in [-0.2, -0.15) is 0 Å². The van der Waals surface area contributed by atoms with E-state index in [9.17, 15) is 18.5 Å². The lowest BCUT2D eigenvalue weighted by Gasteiger charge is -2.04. The van der Waals surface area contributed by atoms with Crippen molar-refractivity contribution in [1.29, 1.82) is 0 Å². The van der Waals surface area contributed by atoms with Crippen LogP contribution in [-0.4, -0.2) is 18.3 Å². The number of hydrogen-bond donors (Lipinski definition) is 0. The largest absolute Gasteiger partial charge is 0.295 e. The van der Waals surface area contributed by atoms with Crippen LogP contribution in [0.2, 0.25) is 0 Å². The average Bonchev–Trinajstić information content (AvgIpc) is 2.37. The van der Waals surface area contributed by atoms with E-state index in [2.05, 4.69) is 11.6 Å². The summed E-state index contributed by atoms with van der Waals surface area (Å²) in [5.74, 6) is 0. The van der Waals surface area contributed by atoms with E-state index in [1.165, 1.54) is 24.4 Å². The number of nitrogens with zero attached hydrogens (tertiary/aromatic N) is 2. The molecule has 7 heteroatoms. The minimum atomic E-state index is -3.67. The van der Waals surface area contributed by atoms with Crippen LogP contribution in [0.4, 0.5) is 5.69 Å².